The normalized spacial score (nSPS) is 11.6. The number of rotatable bonds is 6. The average molecular weight is 436 g/mol. The molecular weight excluding hydrogens is 411 g/mol. The average Bonchev–Trinajstić information content (AvgIpc) is 3.34. The van der Waals surface area contributed by atoms with Gasteiger partial charge in [-0.25, -0.2) is 14.1 Å². The van der Waals surface area contributed by atoms with Gasteiger partial charge >= 0.3 is 0 Å². The molecule has 0 amide bonds. The number of imidazole rings is 1. The Kier molecular flexibility index (Phi) is 5.43. The van der Waals surface area contributed by atoms with Crippen LogP contribution in [0.25, 0.3) is 17.1 Å². The van der Waals surface area contributed by atoms with E-state index in [0.717, 1.165) is 16.9 Å². The quantitative estimate of drug-likeness (QED) is 0.473. The monoisotopic (exact) mass is 436 g/mol. The number of hydrogen-bond donors (Lipinski definition) is 2. The molecular formula is C23H25FN6O2. The smallest absolute Gasteiger partial charge is 0.226 e. The molecule has 0 spiro atoms. The third-order valence-electron chi connectivity index (χ3n) is 5.11. The molecule has 0 unspecified atom stereocenters. The van der Waals surface area contributed by atoms with Crippen molar-refractivity contribution in [3.8, 4) is 22.8 Å². The molecule has 0 aliphatic heterocycles. The number of hydrogen-bond acceptors (Lipinski definition) is 6. The second kappa shape index (κ2) is 8.08. The molecule has 2 N–H and O–H groups in total. The molecule has 0 radical (unpaired) electrons. The number of nitrogens with one attached hydrogen (secondary N) is 1. The first-order valence-electron chi connectivity index (χ1n) is 10.1. The van der Waals surface area contributed by atoms with Crippen LogP contribution in [0.15, 0.2) is 48.9 Å². The minimum Gasteiger partial charge on any atom is -0.495 e. The number of ether oxygens (including phenoxy) is 1. The predicted molar refractivity (Wildman–Crippen MR) is 120 cm³/mol. The number of anilines is 2. The fourth-order valence-electron chi connectivity index (χ4n) is 3.32. The summed E-state index contributed by atoms with van der Waals surface area (Å²) in [6, 6.07) is 10.1. The Morgan fingerprint density at radius 2 is 1.94 bits per heavy atom. The summed E-state index contributed by atoms with van der Waals surface area (Å²) in [5.41, 5.74) is 2.18. The molecule has 0 aliphatic carbocycles. The van der Waals surface area contributed by atoms with E-state index in [4.69, 9.17) is 4.74 Å². The maximum Gasteiger partial charge on any atom is 0.226 e. The molecule has 4 aromatic rings. The molecule has 8 nitrogen and oxygen atoms in total. The Bertz CT molecular complexity index is 1270. The van der Waals surface area contributed by atoms with Gasteiger partial charge in [0.05, 0.1) is 36.1 Å². The zero-order valence-corrected chi connectivity index (χ0v) is 18.6. The summed E-state index contributed by atoms with van der Waals surface area (Å²) in [5.74, 6) is 1.01. The zero-order valence-electron chi connectivity index (χ0n) is 18.6. The first-order valence-corrected chi connectivity index (χ1v) is 10.1. The molecule has 0 atom stereocenters. The van der Waals surface area contributed by atoms with E-state index in [1.165, 1.54) is 10.7 Å². The van der Waals surface area contributed by atoms with Gasteiger partial charge in [-0.3, -0.25) is 0 Å². The van der Waals surface area contributed by atoms with Crippen LogP contribution in [-0.2, 0) is 12.6 Å². The van der Waals surface area contributed by atoms with Crippen molar-refractivity contribution in [3.63, 3.8) is 0 Å². The van der Waals surface area contributed by atoms with Gasteiger partial charge in [-0.1, -0.05) is 6.07 Å². The molecule has 0 aliphatic rings. The van der Waals surface area contributed by atoms with Gasteiger partial charge in [0.2, 0.25) is 5.95 Å². The summed E-state index contributed by atoms with van der Waals surface area (Å²) in [5, 5.41) is 17.7. The number of aryl methyl sites for hydroxylation is 2. The molecule has 0 bridgehead atoms. The number of halogens is 1. The van der Waals surface area contributed by atoms with Crippen molar-refractivity contribution >= 4 is 11.6 Å². The summed E-state index contributed by atoms with van der Waals surface area (Å²) >= 11 is 0. The second-order valence-electron chi connectivity index (χ2n) is 8.07. The lowest BCUT2D eigenvalue weighted by molar-refractivity contribution is 0.0786. The Morgan fingerprint density at radius 3 is 2.59 bits per heavy atom. The topological polar surface area (TPSA) is 90.0 Å². The van der Waals surface area contributed by atoms with Gasteiger partial charge in [0.1, 0.15) is 11.6 Å². The van der Waals surface area contributed by atoms with E-state index in [1.807, 2.05) is 35.9 Å². The van der Waals surface area contributed by atoms with E-state index in [-0.39, 0.29) is 5.69 Å². The highest BCUT2D eigenvalue weighted by Gasteiger charge is 2.19. The number of nitrogens with zero attached hydrogens (tertiary/aromatic N) is 5. The molecule has 4 rings (SSSR count). The van der Waals surface area contributed by atoms with Crippen LogP contribution >= 0.6 is 0 Å². The van der Waals surface area contributed by atoms with Gasteiger partial charge < -0.3 is 19.7 Å². The standard InChI is InChI=1S/C23H25FN6O2/c1-14-12-30(13-25-14)19-9-6-15(10-20(19)32-5)21-27-22(29(4)28-21)26-18-11-16(23(2,3)31)7-8-17(18)24/h6-13,31H,1-5H3,(H,26,27,28). The van der Waals surface area contributed by atoms with Gasteiger partial charge in [-0.15, -0.1) is 5.10 Å². The van der Waals surface area contributed by atoms with E-state index in [1.54, 1.807) is 46.5 Å². The summed E-state index contributed by atoms with van der Waals surface area (Å²) in [4.78, 5) is 8.78. The third-order valence-corrected chi connectivity index (χ3v) is 5.11. The lowest BCUT2D eigenvalue weighted by atomic mass is 9.98. The number of aromatic nitrogens is 5. The van der Waals surface area contributed by atoms with Crippen LogP contribution in [0.1, 0.15) is 25.1 Å². The van der Waals surface area contributed by atoms with Crippen LogP contribution < -0.4 is 10.1 Å². The SMILES string of the molecule is COc1cc(-c2nc(Nc3cc(C(C)(C)O)ccc3F)n(C)n2)ccc1-n1cnc(C)c1. The zero-order chi connectivity index (χ0) is 23.0. The minimum atomic E-state index is -1.10. The third kappa shape index (κ3) is 4.19. The molecule has 32 heavy (non-hydrogen) atoms. The molecule has 2 heterocycles. The maximum absolute atomic E-state index is 14.4. The van der Waals surface area contributed by atoms with Crippen molar-refractivity contribution in [1.29, 1.82) is 0 Å². The largest absolute Gasteiger partial charge is 0.495 e. The fourth-order valence-corrected chi connectivity index (χ4v) is 3.32. The molecule has 2 aromatic carbocycles. The Balaban J connectivity index is 1.66. The van der Waals surface area contributed by atoms with Crippen LogP contribution in [-0.4, -0.2) is 36.5 Å². The predicted octanol–water partition coefficient (Wildman–Crippen LogP) is 4.09. The summed E-state index contributed by atoms with van der Waals surface area (Å²) in [6.07, 6.45) is 3.64. The van der Waals surface area contributed by atoms with Crippen molar-refractivity contribution in [2.75, 3.05) is 12.4 Å². The van der Waals surface area contributed by atoms with E-state index in [9.17, 15) is 9.50 Å². The Labute approximate surface area is 185 Å². The maximum atomic E-state index is 14.4. The number of methoxy groups -OCH3 is 1. The molecule has 9 heteroatoms. The molecule has 0 saturated heterocycles. The Hall–Kier alpha value is -3.72. The van der Waals surface area contributed by atoms with Gasteiger partial charge in [0, 0.05) is 18.8 Å². The van der Waals surface area contributed by atoms with Crippen molar-refractivity contribution in [2.24, 2.45) is 7.05 Å². The summed E-state index contributed by atoms with van der Waals surface area (Å²) in [7, 11) is 3.32. The summed E-state index contributed by atoms with van der Waals surface area (Å²) < 4.78 is 23.4. The second-order valence-corrected chi connectivity index (χ2v) is 8.07. The van der Waals surface area contributed by atoms with Crippen molar-refractivity contribution < 1.29 is 14.2 Å². The van der Waals surface area contributed by atoms with Gasteiger partial charge in [0.15, 0.2) is 5.82 Å². The van der Waals surface area contributed by atoms with Crippen LogP contribution in [0.3, 0.4) is 0 Å². The van der Waals surface area contributed by atoms with Gasteiger partial charge in [-0.05, 0) is 56.7 Å². The van der Waals surface area contributed by atoms with Gasteiger partial charge in [0.25, 0.3) is 0 Å². The van der Waals surface area contributed by atoms with Crippen molar-refractivity contribution in [2.45, 2.75) is 26.4 Å². The van der Waals surface area contributed by atoms with Crippen molar-refractivity contribution in [1.82, 2.24) is 24.3 Å². The lowest BCUT2D eigenvalue weighted by Gasteiger charge is -2.19. The van der Waals surface area contributed by atoms with Crippen molar-refractivity contribution in [3.05, 3.63) is 66.0 Å². The highest BCUT2D eigenvalue weighted by Crippen LogP contribution is 2.30. The van der Waals surface area contributed by atoms with E-state index in [0.29, 0.717) is 23.1 Å². The highest BCUT2D eigenvalue weighted by atomic mass is 19.1. The first-order chi connectivity index (χ1) is 15.2. The number of benzene rings is 2. The first kappa shape index (κ1) is 21.5. The molecule has 166 valence electrons. The van der Waals surface area contributed by atoms with Crippen LogP contribution in [0.5, 0.6) is 5.75 Å². The van der Waals surface area contributed by atoms with Gasteiger partial charge in [-0.2, -0.15) is 4.98 Å². The molecule has 0 saturated carbocycles. The Morgan fingerprint density at radius 1 is 1.16 bits per heavy atom. The van der Waals surface area contributed by atoms with Crippen LogP contribution in [0.2, 0.25) is 0 Å². The van der Waals surface area contributed by atoms with E-state index >= 15 is 0 Å². The minimum absolute atomic E-state index is 0.204. The van der Waals surface area contributed by atoms with E-state index in [2.05, 4.69) is 20.4 Å². The summed E-state index contributed by atoms with van der Waals surface area (Å²) in [6.45, 7) is 5.21. The van der Waals surface area contributed by atoms with Crippen LogP contribution in [0, 0.1) is 12.7 Å². The lowest BCUT2D eigenvalue weighted by Crippen LogP contribution is -2.16. The fraction of sp³-hybridized carbons (Fsp3) is 0.261. The highest BCUT2D eigenvalue weighted by molar-refractivity contribution is 5.65. The van der Waals surface area contributed by atoms with E-state index < -0.39 is 11.4 Å². The molecule has 0 fully saturated rings. The molecule has 2 aromatic heterocycles. The number of aliphatic hydroxyl groups is 1. The van der Waals surface area contributed by atoms with Crippen LogP contribution in [0.4, 0.5) is 16.0 Å².